The minimum absolute atomic E-state index is 0.0104. The maximum absolute atomic E-state index is 12.0. The minimum atomic E-state index is -0.307. The molecule has 1 aromatic rings. The maximum atomic E-state index is 12.0. The van der Waals surface area contributed by atoms with Gasteiger partial charge in [-0.25, -0.2) is 4.98 Å². The molecule has 1 aromatic heterocycles. The number of nitrogens with one attached hydrogen (secondary N) is 1. The largest absolute Gasteiger partial charge is 0.392 e. The molecular weight excluding hydrogens is 288 g/mol. The average molecular weight is 312 g/mol. The highest BCUT2D eigenvalue weighted by atomic mass is 32.1. The van der Waals surface area contributed by atoms with Crippen LogP contribution in [0.25, 0.3) is 0 Å². The molecule has 2 atom stereocenters. The number of aliphatic hydroxyl groups is 1. The van der Waals surface area contributed by atoms with Gasteiger partial charge in [-0.2, -0.15) is 0 Å². The smallest absolute Gasteiger partial charge is 0.240 e. The van der Waals surface area contributed by atoms with Crippen LogP contribution in [0.2, 0.25) is 0 Å². The summed E-state index contributed by atoms with van der Waals surface area (Å²) < 4.78 is 0. The number of rotatable bonds is 6. The molecule has 0 bridgehead atoms. The number of aromatic nitrogens is 1. The molecule has 2 rings (SSSR count). The van der Waals surface area contributed by atoms with Crippen LogP contribution in [0.15, 0.2) is 11.6 Å². The summed E-state index contributed by atoms with van der Waals surface area (Å²) in [4.78, 5) is 20.5. The van der Waals surface area contributed by atoms with Crippen molar-refractivity contribution in [1.82, 2.24) is 14.8 Å². The van der Waals surface area contributed by atoms with Gasteiger partial charge >= 0.3 is 0 Å². The van der Waals surface area contributed by atoms with Crippen molar-refractivity contribution < 1.29 is 9.90 Å². The van der Waals surface area contributed by atoms with Crippen LogP contribution in [-0.4, -0.2) is 70.7 Å². The molecule has 2 N–H and O–H groups in total. The number of amides is 1. The van der Waals surface area contributed by atoms with Gasteiger partial charge < -0.3 is 10.4 Å². The van der Waals surface area contributed by atoms with Crippen LogP contribution in [-0.2, 0) is 4.79 Å². The van der Waals surface area contributed by atoms with Gasteiger partial charge in [-0.15, -0.1) is 11.3 Å². The summed E-state index contributed by atoms with van der Waals surface area (Å²) in [5.74, 6) is -0.0104. The molecule has 2 heterocycles. The molecular formula is C14H24N4O2S. The number of anilines is 1. The first-order valence-corrected chi connectivity index (χ1v) is 8.30. The molecule has 1 aliphatic heterocycles. The molecule has 1 fully saturated rings. The summed E-state index contributed by atoms with van der Waals surface area (Å²) in [5, 5.41) is 14.9. The van der Waals surface area contributed by atoms with Crippen molar-refractivity contribution in [2.45, 2.75) is 32.4 Å². The van der Waals surface area contributed by atoms with Gasteiger partial charge in [0.25, 0.3) is 0 Å². The van der Waals surface area contributed by atoms with E-state index in [1.54, 1.807) is 6.20 Å². The standard InChI is InChI=1S/C14H24N4O2S/c1-3-12-9-17(5-6-18(12)8-11(2)19)10-13(20)16-14-15-4-7-21-14/h4,7,11-12,19H,3,5-6,8-10H2,1-2H3,(H,15,16,20). The molecule has 118 valence electrons. The first-order valence-electron chi connectivity index (χ1n) is 7.42. The monoisotopic (exact) mass is 312 g/mol. The molecule has 7 heteroatoms. The topological polar surface area (TPSA) is 68.7 Å². The van der Waals surface area contributed by atoms with Gasteiger partial charge in [0.2, 0.25) is 5.91 Å². The second-order valence-electron chi connectivity index (χ2n) is 5.53. The number of aliphatic hydroxyl groups excluding tert-OH is 1. The molecule has 21 heavy (non-hydrogen) atoms. The number of thiazole rings is 1. The second kappa shape index (κ2) is 7.84. The fourth-order valence-electron chi connectivity index (χ4n) is 2.71. The van der Waals surface area contributed by atoms with Crippen molar-refractivity contribution in [3.63, 3.8) is 0 Å². The van der Waals surface area contributed by atoms with Gasteiger partial charge in [0.05, 0.1) is 12.6 Å². The highest BCUT2D eigenvalue weighted by Crippen LogP contribution is 2.14. The van der Waals surface area contributed by atoms with Crippen LogP contribution >= 0.6 is 11.3 Å². The Morgan fingerprint density at radius 1 is 1.62 bits per heavy atom. The zero-order valence-corrected chi connectivity index (χ0v) is 13.5. The van der Waals surface area contributed by atoms with E-state index < -0.39 is 0 Å². The van der Waals surface area contributed by atoms with E-state index in [-0.39, 0.29) is 12.0 Å². The molecule has 0 aromatic carbocycles. The summed E-state index contributed by atoms with van der Waals surface area (Å²) in [6.07, 6.45) is 2.40. The van der Waals surface area contributed by atoms with Crippen molar-refractivity contribution in [3.05, 3.63) is 11.6 Å². The summed E-state index contributed by atoms with van der Waals surface area (Å²) in [7, 11) is 0. The van der Waals surface area contributed by atoms with Gasteiger partial charge in [-0.1, -0.05) is 6.92 Å². The van der Waals surface area contributed by atoms with Gasteiger partial charge in [0.1, 0.15) is 0 Å². The highest BCUT2D eigenvalue weighted by Gasteiger charge is 2.27. The first-order chi connectivity index (χ1) is 10.1. The fourth-order valence-corrected chi connectivity index (χ4v) is 3.26. The molecule has 0 spiro atoms. The number of β-amino-alcohol motifs (C(OH)–C–C–N with tert-alkyl or cyclic N) is 1. The van der Waals surface area contributed by atoms with Crippen LogP contribution in [0.5, 0.6) is 0 Å². The Morgan fingerprint density at radius 2 is 2.43 bits per heavy atom. The lowest BCUT2D eigenvalue weighted by Gasteiger charge is -2.41. The lowest BCUT2D eigenvalue weighted by atomic mass is 10.1. The second-order valence-corrected chi connectivity index (χ2v) is 6.42. The summed E-state index contributed by atoms with van der Waals surface area (Å²) in [6, 6.07) is 0.404. The molecule has 6 nitrogen and oxygen atoms in total. The quantitative estimate of drug-likeness (QED) is 0.815. The van der Waals surface area contributed by atoms with Crippen molar-refractivity contribution in [2.24, 2.45) is 0 Å². The molecule has 0 radical (unpaired) electrons. The summed E-state index contributed by atoms with van der Waals surface area (Å²) in [5.41, 5.74) is 0. The third-order valence-corrected chi connectivity index (χ3v) is 4.39. The van der Waals surface area contributed by atoms with E-state index in [0.717, 1.165) is 26.1 Å². The summed E-state index contributed by atoms with van der Waals surface area (Å²) >= 11 is 1.43. The highest BCUT2D eigenvalue weighted by molar-refractivity contribution is 7.13. The number of hydrogen-bond acceptors (Lipinski definition) is 6. The zero-order chi connectivity index (χ0) is 15.2. The molecule has 0 saturated carbocycles. The number of carbonyl (C=O) groups is 1. The third kappa shape index (κ3) is 5.03. The van der Waals surface area contributed by atoms with Crippen molar-refractivity contribution in [3.8, 4) is 0 Å². The Bertz CT molecular complexity index is 438. The normalized spacial score (nSPS) is 22.1. The molecule has 0 aliphatic carbocycles. The van der Waals surface area contributed by atoms with E-state index in [4.69, 9.17) is 0 Å². The van der Waals surface area contributed by atoms with Crippen LogP contribution in [0.3, 0.4) is 0 Å². The lowest BCUT2D eigenvalue weighted by Crippen LogP contribution is -2.55. The van der Waals surface area contributed by atoms with E-state index >= 15 is 0 Å². The predicted molar refractivity (Wildman–Crippen MR) is 84.5 cm³/mol. The van der Waals surface area contributed by atoms with Crippen LogP contribution in [0.1, 0.15) is 20.3 Å². The average Bonchev–Trinajstić information content (AvgIpc) is 2.92. The van der Waals surface area contributed by atoms with Gasteiger partial charge in [0.15, 0.2) is 5.13 Å². The number of nitrogens with zero attached hydrogens (tertiary/aromatic N) is 3. The Hall–Kier alpha value is -1.02. The summed E-state index contributed by atoms with van der Waals surface area (Å²) in [6.45, 7) is 7.70. The van der Waals surface area contributed by atoms with Gasteiger partial charge in [-0.05, 0) is 13.3 Å². The van der Waals surface area contributed by atoms with Gasteiger partial charge in [-0.3, -0.25) is 14.6 Å². The number of carbonyl (C=O) groups excluding carboxylic acids is 1. The van der Waals surface area contributed by atoms with Crippen LogP contribution in [0, 0.1) is 0 Å². The van der Waals surface area contributed by atoms with E-state index in [9.17, 15) is 9.90 Å². The van der Waals surface area contributed by atoms with Crippen molar-refractivity contribution >= 4 is 22.4 Å². The first kappa shape index (κ1) is 16.4. The van der Waals surface area contributed by atoms with Crippen LogP contribution in [0.4, 0.5) is 5.13 Å². The Morgan fingerprint density at radius 3 is 3.05 bits per heavy atom. The third-order valence-electron chi connectivity index (χ3n) is 3.70. The Balaban J connectivity index is 1.81. The molecule has 1 saturated heterocycles. The molecule has 1 amide bonds. The van der Waals surface area contributed by atoms with E-state index in [1.807, 2.05) is 12.3 Å². The van der Waals surface area contributed by atoms with E-state index in [1.165, 1.54) is 11.3 Å². The Labute approximate surface area is 129 Å². The van der Waals surface area contributed by atoms with E-state index in [0.29, 0.717) is 24.3 Å². The Kier molecular flexibility index (Phi) is 6.10. The maximum Gasteiger partial charge on any atom is 0.240 e. The predicted octanol–water partition coefficient (Wildman–Crippen LogP) is 0.859. The van der Waals surface area contributed by atoms with Crippen molar-refractivity contribution in [2.75, 3.05) is 38.0 Å². The van der Waals surface area contributed by atoms with Crippen LogP contribution < -0.4 is 5.32 Å². The number of piperazine rings is 1. The molecule has 1 aliphatic rings. The minimum Gasteiger partial charge on any atom is -0.392 e. The van der Waals surface area contributed by atoms with Crippen molar-refractivity contribution in [1.29, 1.82) is 0 Å². The SMILES string of the molecule is CCC1CN(CC(=O)Nc2nccs2)CCN1CC(C)O. The van der Waals surface area contributed by atoms with Gasteiger partial charge in [0, 0.05) is 43.8 Å². The van der Waals surface area contributed by atoms with E-state index in [2.05, 4.69) is 27.0 Å². The fraction of sp³-hybridized carbons (Fsp3) is 0.714. The zero-order valence-electron chi connectivity index (χ0n) is 12.7. The lowest BCUT2D eigenvalue weighted by molar-refractivity contribution is -0.118. The number of hydrogen-bond donors (Lipinski definition) is 2. The molecule has 2 unspecified atom stereocenters.